The average molecular weight is 169 g/mol. The van der Waals surface area contributed by atoms with Crippen molar-refractivity contribution in [2.24, 2.45) is 11.8 Å². The summed E-state index contributed by atoms with van der Waals surface area (Å²) in [5.74, 6) is 1.51. The molecule has 1 N–H and O–H groups in total. The molecule has 2 rings (SSSR count). The zero-order valence-electron chi connectivity index (χ0n) is 7.87. The molecule has 1 heterocycles. The third kappa shape index (κ3) is 1.64. The molecule has 1 aliphatic carbocycles. The van der Waals surface area contributed by atoms with Crippen LogP contribution in [0.5, 0.6) is 0 Å². The van der Waals surface area contributed by atoms with Gasteiger partial charge in [0, 0.05) is 13.1 Å². The summed E-state index contributed by atoms with van der Waals surface area (Å²) >= 11 is 0. The van der Waals surface area contributed by atoms with Gasteiger partial charge < -0.3 is 10.0 Å². The van der Waals surface area contributed by atoms with E-state index < -0.39 is 0 Å². The Kier molecular flexibility index (Phi) is 2.37. The third-order valence-electron chi connectivity index (χ3n) is 3.45. The summed E-state index contributed by atoms with van der Waals surface area (Å²) in [6, 6.07) is 0. The van der Waals surface area contributed by atoms with Crippen LogP contribution in [0.2, 0.25) is 0 Å². The van der Waals surface area contributed by atoms with E-state index in [1.54, 1.807) is 0 Å². The first-order chi connectivity index (χ1) is 5.75. The van der Waals surface area contributed by atoms with E-state index >= 15 is 0 Å². The number of aliphatic hydroxyl groups excluding tert-OH is 1. The molecule has 0 unspecified atom stereocenters. The highest BCUT2D eigenvalue weighted by Gasteiger charge is 2.32. The van der Waals surface area contributed by atoms with Crippen molar-refractivity contribution in [3.63, 3.8) is 0 Å². The highest BCUT2D eigenvalue weighted by atomic mass is 16.3. The number of nitrogens with zero attached hydrogens (tertiary/aromatic N) is 1. The Labute approximate surface area is 74.6 Å². The molecule has 2 atom stereocenters. The molecule has 0 radical (unpaired) electrons. The highest BCUT2D eigenvalue weighted by Crippen LogP contribution is 2.34. The van der Waals surface area contributed by atoms with Crippen molar-refractivity contribution in [1.82, 2.24) is 4.90 Å². The van der Waals surface area contributed by atoms with Gasteiger partial charge in [-0.3, -0.25) is 0 Å². The quantitative estimate of drug-likeness (QED) is 0.669. The summed E-state index contributed by atoms with van der Waals surface area (Å²) in [6.07, 6.45) is 5.46. The molecule has 2 fully saturated rings. The van der Waals surface area contributed by atoms with Gasteiger partial charge >= 0.3 is 0 Å². The molecule has 0 aromatic carbocycles. The third-order valence-corrected chi connectivity index (χ3v) is 3.45. The lowest BCUT2D eigenvalue weighted by molar-refractivity contribution is 0.117. The molecule has 0 bridgehead atoms. The minimum Gasteiger partial charge on any atom is -0.391 e. The van der Waals surface area contributed by atoms with Crippen molar-refractivity contribution in [1.29, 1.82) is 0 Å². The lowest BCUT2D eigenvalue weighted by Gasteiger charge is -2.28. The fraction of sp³-hybridized carbons (Fsp3) is 1.00. The summed E-state index contributed by atoms with van der Waals surface area (Å²) in [6.45, 7) is 2.00. The van der Waals surface area contributed by atoms with Crippen molar-refractivity contribution in [2.75, 3.05) is 20.1 Å². The van der Waals surface area contributed by atoms with Gasteiger partial charge in [-0.2, -0.15) is 0 Å². The lowest BCUT2D eigenvalue weighted by atomic mass is 9.78. The molecular formula is C10H19NO. The Morgan fingerprint density at radius 3 is 2.50 bits per heavy atom. The Hall–Kier alpha value is -0.0800. The van der Waals surface area contributed by atoms with Crippen molar-refractivity contribution < 1.29 is 5.11 Å². The van der Waals surface area contributed by atoms with Crippen LogP contribution < -0.4 is 0 Å². The second kappa shape index (κ2) is 3.35. The molecule has 1 aliphatic heterocycles. The zero-order valence-corrected chi connectivity index (χ0v) is 7.87. The van der Waals surface area contributed by atoms with E-state index in [0.29, 0.717) is 5.92 Å². The predicted octanol–water partition coefficient (Wildman–Crippen LogP) is 1.10. The number of likely N-dealkylation sites (tertiary alicyclic amines) is 1. The van der Waals surface area contributed by atoms with Crippen LogP contribution >= 0.6 is 0 Å². The number of hydrogen-bond donors (Lipinski definition) is 1. The second-order valence-electron chi connectivity index (χ2n) is 4.58. The summed E-state index contributed by atoms with van der Waals surface area (Å²) < 4.78 is 0. The van der Waals surface area contributed by atoms with Crippen LogP contribution in [0.3, 0.4) is 0 Å². The minimum absolute atomic E-state index is 0.0457. The van der Waals surface area contributed by atoms with E-state index in [1.165, 1.54) is 25.7 Å². The van der Waals surface area contributed by atoms with E-state index in [-0.39, 0.29) is 6.10 Å². The van der Waals surface area contributed by atoms with Crippen LogP contribution in [0.25, 0.3) is 0 Å². The normalized spacial score (nSPS) is 38.5. The van der Waals surface area contributed by atoms with Crippen molar-refractivity contribution in [2.45, 2.75) is 31.8 Å². The zero-order chi connectivity index (χ0) is 8.55. The van der Waals surface area contributed by atoms with Crippen LogP contribution in [0, 0.1) is 11.8 Å². The van der Waals surface area contributed by atoms with Gasteiger partial charge in [-0.1, -0.05) is 19.3 Å². The highest BCUT2D eigenvalue weighted by molar-refractivity contribution is 4.85. The van der Waals surface area contributed by atoms with E-state index in [2.05, 4.69) is 11.9 Å². The number of rotatable bonds is 2. The number of likely N-dealkylation sites (N-methyl/N-ethyl adjacent to an activating group) is 1. The molecule has 0 aromatic heterocycles. The standard InChI is InChI=1S/C10H19NO/c1-11-6-9(10(12)7-11)5-8-3-2-4-8/h8-10,12H,2-7H2,1H3/t9-,10-/m0/s1. The molecular weight excluding hydrogens is 150 g/mol. The summed E-state index contributed by atoms with van der Waals surface area (Å²) in [5, 5.41) is 9.69. The maximum absolute atomic E-state index is 9.69. The van der Waals surface area contributed by atoms with E-state index in [9.17, 15) is 5.11 Å². The number of aliphatic hydroxyl groups is 1. The van der Waals surface area contributed by atoms with Crippen LogP contribution in [-0.2, 0) is 0 Å². The van der Waals surface area contributed by atoms with Crippen molar-refractivity contribution in [3.8, 4) is 0 Å². The molecule has 70 valence electrons. The molecule has 12 heavy (non-hydrogen) atoms. The number of hydrogen-bond acceptors (Lipinski definition) is 2. The Bertz CT molecular complexity index is 156. The fourth-order valence-corrected chi connectivity index (χ4v) is 2.45. The number of β-amino-alcohol motifs (C(OH)–C–C–N with tert-alkyl or cyclic N) is 1. The van der Waals surface area contributed by atoms with Gasteiger partial charge in [0.2, 0.25) is 0 Å². The molecule has 2 nitrogen and oxygen atoms in total. The first kappa shape index (κ1) is 8.52. The Balaban J connectivity index is 1.79. The molecule has 1 saturated heterocycles. The Morgan fingerprint density at radius 1 is 1.33 bits per heavy atom. The average Bonchev–Trinajstić information content (AvgIpc) is 2.21. The molecule has 0 amide bonds. The summed E-state index contributed by atoms with van der Waals surface area (Å²) in [4.78, 5) is 2.24. The van der Waals surface area contributed by atoms with Crippen LogP contribution in [-0.4, -0.2) is 36.2 Å². The van der Waals surface area contributed by atoms with Gasteiger partial charge in [-0.15, -0.1) is 0 Å². The Morgan fingerprint density at radius 2 is 2.08 bits per heavy atom. The second-order valence-corrected chi connectivity index (χ2v) is 4.58. The van der Waals surface area contributed by atoms with Gasteiger partial charge in [-0.05, 0) is 25.3 Å². The minimum atomic E-state index is -0.0457. The van der Waals surface area contributed by atoms with E-state index in [4.69, 9.17) is 0 Å². The molecule has 2 heteroatoms. The fourth-order valence-electron chi connectivity index (χ4n) is 2.45. The maximum Gasteiger partial charge on any atom is 0.0707 e. The lowest BCUT2D eigenvalue weighted by Crippen LogP contribution is -2.23. The van der Waals surface area contributed by atoms with Gasteiger partial charge in [-0.25, -0.2) is 0 Å². The summed E-state index contributed by atoms with van der Waals surface area (Å²) in [7, 11) is 2.10. The van der Waals surface area contributed by atoms with Crippen LogP contribution in [0.1, 0.15) is 25.7 Å². The van der Waals surface area contributed by atoms with Gasteiger partial charge in [0.25, 0.3) is 0 Å². The predicted molar refractivity (Wildman–Crippen MR) is 49.0 cm³/mol. The first-order valence-corrected chi connectivity index (χ1v) is 5.12. The molecule has 0 aromatic rings. The van der Waals surface area contributed by atoms with Gasteiger partial charge in [0.15, 0.2) is 0 Å². The summed E-state index contributed by atoms with van der Waals surface area (Å²) in [5.41, 5.74) is 0. The topological polar surface area (TPSA) is 23.5 Å². The van der Waals surface area contributed by atoms with Crippen molar-refractivity contribution >= 4 is 0 Å². The van der Waals surface area contributed by atoms with Crippen LogP contribution in [0.4, 0.5) is 0 Å². The maximum atomic E-state index is 9.69. The van der Waals surface area contributed by atoms with E-state index in [1.807, 2.05) is 0 Å². The van der Waals surface area contributed by atoms with Gasteiger partial charge in [0.05, 0.1) is 6.10 Å². The molecule has 0 spiro atoms. The van der Waals surface area contributed by atoms with Crippen molar-refractivity contribution in [3.05, 3.63) is 0 Å². The SMILES string of the molecule is CN1C[C@H](CC2CCC2)[C@@H](O)C1. The molecule has 1 saturated carbocycles. The van der Waals surface area contributed by atoms with E-state index in [0.717, 1.165) is 19.0 Å². The van der Waals surface area contributed by atoms with Crippen LogP contribution in [0.15, 0.2) is 0 Å². The molecule has 2 aliphatic rings. The monoisotopic (exact) mass is 169 g/mol. The van der Waals surface area contributed by atoms with Gasteiger partial charge in [0.1, 0.15) is 0 Å². The first-order valence-electron chi connectivity index (χ1n) is 5.12. The largest absolute Gasteiger partial charge is 0.391 e. The smallest absolute Gasteiger partial charge is 0.0707 e.